The molecule has 0 bridgehead atoms. The first-order valence-corrected chi connectivity index (χ1v) is 7.79. The highest BCUT2D eigenvalue weighted by Gasteiger charge is 2.26. The number of rotatable bonds is 6. The van der Waals surface area contributed by atoms with Gasteiger partial charge in [0.1, 0.15) is 5.82 Å². The first kappa shape index (κ1) is 14.9. The monoisotopic (exact) mass is 329 g/mol. The number of hydrogen-bond donors (Lipinski definition) is 1. The van der Waals surface area contributed by atoms with Crippen molar-refractivity contribution >= 4 is 15.9 Å². The van der Waals surface area contributed by atoms with Crippen LogP contribution in [0, 0.1) is 5.82 Å². The number of benzene rings is 1. The fourth-order valence-electron chi connectivity index (χ4n) is 2.52. The van der Waals surface area contributed by atoms with Crippen molar-refractivity contribution in [3.63, 3.8) is 0 Å². The fourth-order valence-corrected chi connectivity index (χ4v) is 2.93. The van der Waals surface area contributed by atoms with Gasteiger partial charge in [-0.2, -0.15) is 0 Å². The van der Waals surface area contributed by atoms with Crippen molar-refractivity contribution in [2.75, 3.05) is 13.2 Å². The standard InChI is InChI=1S/C15H21BrFNO/c1-2-7-18-14(15-4-3-8-19-15)10-11-9-12(16)5-6-13(11)17/h5-6,9,14-15,18H,2-4,7-8,10H2,1H3. The Bertz CT molecular complexity index is 407. The van der Waals surface area contributed by atoms with Gasteiger partial charge in [-0.1, -0.05) is 22.9 Å². The molecular weight excluding hydrogens is 309 g/mol. The largest absolute Gasteiger partial charge is 0.377 e. The van der Waals surface area contributed by atoms with Gasteiger partial charge in [-0.25, -0.2) is 4.39 Å². The molecule has 106 valence electrons. The molecule has 1 saturated heterocycles. The molecule has 1 aromatic rings. The third-order valence-electron chi connectivity index (χ3n) is 3.52. The first-order chi connectivity index (χ1) is 9.20. The molecule has 0 aliphatic carbocycles. The van der Waals surface area contributed by atoms with Crippen LogP contribution in [0.15, 0.2) is 22.7 Å². The minimum Gasteiger partial charge on any atom is -0.377 e. The second-order valence-corrected chi connectivity index (χ2v) is 5.97. The molecule has 0 spiro atoms. The van der Waals surface area contributed by atoms with Crippen LogP contribution in [0.2, 0.25) is 0 Å². The Labute approximate surface area is 122 Å². The molecular formula is C15H21BrFNO. The van der Waals surface area contributed by atoms with Crippen molar-refractivity contribution in [1.82, 2.24) is 5.32 Å². The summed E-state index contributed by atoms with van der Waals surface area (Å²) in [5.74, 6) is -0.135. The van der Waals surface area contributed by atoms with Crippen LogP contribution in [0.3, 0.4) is 0 Å². The van der Waals surface area contributed by atoms with E-state index in [1.807, 2.05) is 6.07 Å². The van der Waals surface area contributed by atoms with E-state index in [1.54, 1.807) is 6.07 Å². The van der Waals surface area contributed by atoms with Gasteiger partial charge in [0, 0.05) is 17.1 Å². The van der Waals surface area contributed by atoms with Gasteiger partial charge in [0.25, 0.3) is 0 Å². The summed E-state index contributed by atoms with van der Waals surface area (Å²) in [6, 6.07) is 5.32. The highest BCUT2D eigenvalue weighted by Crippen LogP contribution is 2.22. The predicted molar refractivity (Wildman–Crippen MR) is 78.9 cm³/mol. The summed E-state index contributed by atoms with van der Waals surface area (Å²) in [6.07, 6.45) is 4.14. The molecule has 1 N–H and O–H groups in total. The highest BCUT2D eigenvalue weighted by molar-refractivity contribution is 9.10. The summed E-state index contributed by atoms with van der Waals surface area (Å²) < 4.78 is 20.5. The van der Waals surface area contributed by atoms with Crippen LogP contribution in [0.5, 0.6) is 0 Å². The zero-order valence-corrected chi connectivity index (χ0v) is 12.9. The lowest BCUT2D eigenvalue weighted by atomic mass is 9.99. The second-order valence-electron chi connectivity index (χ2n) is 5.05. The normalized spacial score (nSPS) is 20.7. The maximum Gasteiger partial charge on any atom is 0.126 e. The maximum atomic E-state index is 13.8. The minimum atomic E-state index is -0.135. The molecule has 1 aliphatic heterocycles. The highest BCUT2D eigenvalue weighted by atomic mass is 79.9. The average molecular weight is 330 g/mol. The predicted octanol–water partition coefficient (Wildman–Crippen LogP) is 3.68. The van der Waals surface area contributed by atoms with Crippen LogP contribution in [0.1, 0.15) is 31.7 Å². The number of hydrogen-bond acceptors (Lipinski definition) is 2. The van der Waals surface area contributed by atoms with E-state index in [1.165, 1.54) is 6.07 Å². The van der Waals surface area contributed by atoms with Gasteiger partial charge in [0.05, 0.1) is 6.10 Å². The Kier molecular flexibility index (Phi) is 5.79. The van der Waals surface area contributed by atoms with Gasteiger partial charge in [0.15, 0.2) is 0 Å². The molecule has 1 aliphatic rings. The smallest absolute Gasteiger partial charge is 0.126 e. The Balaban J connectivity index is 2.07. The van der Waals surface area contributed by atoms with Gasteiger partial charge >= 0.3 is 0 Å². The Morgan fingerprint density at radius 1 is 1.53 bits per heavy atom. The lowest BCUT2D eigenvalue weighted by molar-refractivity contribution is 0.0781. The zero-order chi connectivity index (χ0) is 13.7. The summed E-state index contributed by atoms with van der Waals surface area (Å²) in [5.41, 5.74) is 0.749. The van der Waals surface area contributed by atoms with E-state index >= 15 is 0 Å². The number of ether oxygens (including phenoxy) is 1. The molecule has 4 heteroatoms. The molecule has 1 aromatic carbocycles. The van der Waals surface area contributed by atoms with E-state index in [4.69, 9.17) is 4.74 Å². The van der Waals surface area contributed by atoms with Gasteiger partial charge in [0.2, 0.25) is 0 Å². The van der Waals surface area contributed by atoms with Gasteiger partial charge < -0.3 is 10.1 Å². The SMILES string of the molecule is CCCNC(Cc1cc(Br)ccc1F)C1CCCO1. The zero-order valence-electron chi connectivity index (χ0n) is 11.3. The molecule has 0 amide bonds. The fraction of sp³-hybridized carbons (Fsp3) is 0.600. The van der Waals surface area contributed by atoms with Crippen molar-refractivity contribution in [3.05, 3.63) is 34.1 Å². The topological polar surface area (TPSA) is 21.3 Å². The molecule has 2 rings (SSSR count). The molecule has 1 heterocycles. The van der Waals surface area contributed by atoms with E-state index in [-0.39, 0.29) is 18.0 Å². The molecule has 0 radical (unpaired) electrons. The van der Waals surface area contributed by atoms with Crippen molar-refractivity contribution in [3.8, 4) is 0 Å². The summed E-state index contributed by atoms with van der Waals surface area (Å²) >= 11 is 3.40. The molecule has 19 heavy (non-hydrogen) atoms. The maximum absolute atomic E-state index is 13.8. The lowest BCUT2D eigenvalue weighted by Crippen LogP contribution is -2.41. The van der Waals surface area contributed by atoms with Crippen molar-refractivity contribution in [1.29, 1.82) is 0 Å². The summed E-state index contributed by atoms with van der Waals surface area (Å²) in [6.45, 7) is 3.91. The van der Waals surface area contributed by atoms with Crippen molar-refractivity contribution in [2.24, 2.45) is 0 Å². The molecule has 1 fully saturated rings. The van der Waals surface area contributed by atoms with Crippen molar-refractivity contribution in [2.45, 2.75) is 44.8 Å². The van der Waals surface area contributed by atoms with E-state index in [0.29, 0.717) is 6.42 Å². The molecule has 0 aromatic heterocycles. The molecule has 0 saturated carbocycles. The summed E-state index contributed by atoms with van der Waals surface area (Å²) in [7, 11) is 0. The second kappa shape index (κ2) is 7.36. The molecule has 2 unspecified atom stereocenters. The first-order valence-electron chi connectivity index (χ1n) is 6.99. The van der Waals surface area contributed by atoms with Crippen LogP contribution in [0.4, 0.5) is 4.39 Å². The van der Waals surface area contributed by atoms with Crippen LogP contribution in [-0.2, 0) is 11.2 Å². The molecule has 2 atom stereocenters. The van der Waals surface area contributed by atoms with Crippen LogP contribution in [-0.4, -0.2) is 25.3 Å². The van der Waals surface area contributed by atoms with Gasteiger partial charge in [-0.15, -0.1) is 0 Å². The van der Waals surface area contributed by atoms with Gasteiger partial charge in [-0.3, -0.25) is 0 Å². The van der Waals surface area contributed by atoms with E-state index in [0.717, 1.165) is 42.5 Å². The van der Waals surface area contributed by atoms with Crippen LogP contribution in [0.25, 0.3) is 0 Å². The Hall–Kier alpha value is -0.450. The Morgan fingerprint density at radius 2 is 2.37 bits per heavy atom. The van der Waals surface area contributed by atoms with Crippen molar-refractivity contribution < 1.29 is 9.13 Å². The van der Waals surface area contributed by atoms with Crippen LogP contribution < -0.4 is 5.32 Å². The quantitative estimate of drug-likeness (QED) is 0.859. The lowest BCUT2D eigenvalue weighted by Gasteiger charge is -2.24. The van der Waals surface area contributed by atoms with E-state index in [2.05, 4.69) is 28.2 Å². The minimum absolute atomic E-state index is 0.135. The van der Waals surface area contributed by atoms with Crippen LogP contribution >= 0.6 is 15.9 Å². The Morgan fingerprint density at radius 3 is 3.05 bits per heavy atom. The van der Waals surface area contributed by atoms with E-state index < -0.39 is 0 Å². The number of halogens is 2. The molecule has 2 nitrogen and oxygen atoms in total. The van der Waals surface area contributed by atoms with E-state index in [9.17, 15) is 4.39 Å². The van der Waals surface area contributed by atoms with Gasteiger partial charge in [-0.05, 0) is 56.0 Å². The number of nitrogens with one attached hydrogen (secondary N) is 1. The third-order valence-corrected chi connectivity index (χ3v) is 4.01. The average Bonchev–Trinajstić information content (AvgIpc) is 2.92. The summed E-state index contributed by atoms with van der Waals surface area (Å²) in [4.78, 5) is 0. The summed E-state index contributed by atoms with van der Waals surface area (Å²) in [5, 5.41) is 3.50. The third kappa shape index (κ3) is 4.26.